The highest BCUT2D eigenvalue weighted by Crippen LogP contribution is 2.43. The monoisotopic (exact) mass is 868 g/mol. The molecule has 0 aromatic heterocycles. The molecule has 9 heteroatoms. The first kappa shape index (κ1) is 47.5. The maximum absolute atomic E-state index is 14.7. The second kappa shape index (κ2) is 18.6. The van der Waals surface area contributed by atoms with Crippen LogP contribution in [-0.2, 0) is 16.0 Å². The van der Waals surface area contributed by atoms with Gasteiger partial charge in [0.15, 0.2) is 28.9 Å². The fourth-order valence-electron chi connectivity index (χ4n) is 8.63. The van der Waals surface area contributed by atoms with E-state index in [1.165, 1.54) is 0 Å². The number of fused-ring (bicyclic) bond motifs is 4. The van der Waals surface area contributed by atoms with E-state index in [0.29, 0.717) is 17.5 Å². The molecular formula is C54H64N2O6S. The number of anilines is 1. The second-order valence-electron chi connectivity index (χ2n) is 20.2. The minimum atomic E-state index is -0.431. The van der Waals surface area contributed by atoms with Crippen molar-refractivity contribution in [1.29, 1.82) is 0 Å². The highest BCUT2D eigenvalue weighted by Gasteiger charge is 2.39. The van der Waals surface area contributed by atoms with Gasteiger partial charge < -0.3 is 10.6 Å². The van der Waals surface area contributed by atoms with Crippen LogP contribution in [0.4, 0.5) is 5.69 Å². The number of thioether (sulfide) groups is 1. The van der Waals surface area contributed by atoms with Crippen molar-refractivity contribution in [2.75, 3.05) is 17.6 Å². The van der Waals surface area contributed by atoms with Crippen LogP contribution in [0.3, 0.4) is 0 Å². The van der Waals surface area contributed by atoms with E-state index in [1.54, 1.807) is 72.8 Å². The van der Waals surface area contributed by atoms with E-state index in [9.17, 15) is 28.8 Å². The molecule has 0 radical (unpaired) electrons. The molecule has 2 N–H and O–H groups in total. The van der Waals surface area contributed by atoms with Gasteiger partial charge >= 0.3 is 0 Å². The lowest BCUT2D eigenvalue weighted by atomic mass is 9.74. The van der Waals surface area contributed by atoms with E-state index in [2.05, 4.69) is 79.9 Å². The van der Waals surface area contributed by atoms with Gasteiger partial charge in [0, 0.05) is 62.1 Å². The third-order valence-electron chi connectivity index (χ3n) is 13.3. The molecule has 0 aliphatic heterocycles. The summed E-state index contributed by atoms with van der Waals surface area (Å²) in [4.78, 5) is 85.8. The molecule has 0 saturated carbocycles. The summed E-state index contributed by atoms with van der Waals surface area (Å²) < 4.78 is 0.110. The van der Waals surface area contributed by atoms with Crippen molar-refractivity contribution in [3.8, 4) is 11.1 Å². The number of carbonyl (C=O) groups is 6. The van der Waals surface area contributed by atoms with E-state index in [4.69, 9.17) is 0 Å². The van der Waals surface area contributed by atoms with Crippen LogP contribution in [0, 0.1) is 10.8 Å². The van der Waals surface area contributed by atoms with Crippen molar-refractivity contribution in [3.05, 3.63) is 123 Å². The SMILES string of the molecule is CCSC(C)(C)CCC(C)(C)NCC(=O)Cc1ccc(-c2ccc(NC(=O)CCC(C)(C)CCC(C)(C)CC)c3c2C(=O)c2ccccc2C3=O)c2c1C(=O)c1ccccc1C2=O. The first-order chi connectivity index (χ1) is 29.6. The lowest BCUT2D eigenvalue weighted by molar-refractivity contribution is -0.118. The Morgan fingerprint density at radius 3 is 1.57 bits per heavy atom. The van der Waals surface area contributed by atoms with Gasteiger partial charge in [0.05, 0.1) is 17.8 Å². The van der Waals surface area contributed by atoms with Crippen LogP contribution >= 0.6 is 11.8 Å². The van der Waals surface area contributed by atoms with Crippen molar-refractivity contribution in [2.24, 2.45) is 10.8 Å². The van der Waals surface area contributed by atoms with Gasteiger partial charge in [-0.2, -0.15) is 11.8 Å². The normalized spacial score (nSPS) is 13.9. The summed E-state index contributed by atoms with van der Waals surface area (Å²) in [7, 11) is 0. The molecule has 0 atom stereocenters. The van der Waals surface area contributed by atoms with Gasteiger partial charge in [-0.1, -0.05) is 129 Å². The Balaban J connectivity index is 1.38. The molecule has 4 aromatic rings. The third-order valence-corrected chi connectivity index (χ3v) is 14.6. The molecule has 63 heavy (non-hydrogen) atoms. The van der Waals surface area contributed by atoms with E-state index >= 15 is 0 Å². The lowest BCUT2D eigenvalue weighted by Crippen LogP contribution is -2.43. The van der Waals surface area contributed by atoms with Gasteiger partial charge in [-0.25, -0.2) is 0 Å². The van der Waals surface area contributed by atoms with Crippen molar-refractivity contribution >= 4 is 52.3 Å². The number of Topliss-reactive ketones (excluding diaryl/α,β-unsaturated/α-hetero) is 1. The van der Waals surface area contributed by atoms with Gasteiger partial charge in [0.25, 0.3) is 0 Å². The third kappa shape index (κ3) is 10.5. The van der Waals surface area contributed by atoms with Crippen molar-refractivity contribution in [2.45, 2.75) is 131 Å². The average molecular weight is 869 g/mol. The average Bonchev–Trinajstić information content (AvgIpc) is 3.24. The number of rotatable bonds is 19. The number of hydrogen-bond acceptors (Lipinski definition) is 8. The zero-order valence-corrected chi connectivity index (χ0v) is 39.7. The van der Waals surface area contributed by atoms with Gasteiger partial charge in [-0.3, -0.25) is 28.8 Å². The highest BCUT2D eigenvalue weighted by molar-refractivity contribution is 8.00. The number of benzene rings is 4. The first-order valence-corrected chi connectivity index (χ1v) is 23.5. The van der Waals surface area contributed by atoms with Crippen LogP contribution in [0.2, 0.25) is 0 Å². The molecule has 1 amide bonds. The molecule has 0 spiro atoms. The van der Waals surface area contributed by atoms with Gasteiger partial charge in [0.2, 0.25) is 5.91 Å². The zero-order chi connectivity index (χ0) is 46.1. The van der Waals surface area contributed by atoms with E-state index in [0.717, 1.165) is 37.9 Å². The Bertz CT molecular complexity index is 2490. The molecule has 2 aliphatic carbocycles. The summed E-state index contributed by atoms with van der Waals surface area (Å²) in [6, 6.07) is 19.9. The van der Waals surface area contributed by atoms with Crippen LogP contribution < -0.4 is 10.6 Å². The molecule has 0 unspecified atom stereocenters. The number of hydrogen-bond donors (Lipinski definition) is 2. The second-order valence-corrected chi connectivity index (χ2v) is 22.2. The van der Waals surface area contributed by atoms with Crippen LogP contribution in [0.25, 0.3) is 11.1 Å². The Morgan fingerprint density at radius 2 is 1.03 bits per heavy atom. The van der Waals surface area contributed by atoms with Crippen molar-refractivity contribution in [3.63, 3.8) is 0 Å². The maximum atomic E-state index is 14.7. The van der Waals surface area contributed by atoms with E-state index in [1.807, 2.05) is 11.8 Å². The van der Waals surface area contributed by atoms with Crippen LogP contribution in [-0.4, -0.2) is 57.4 Å². The summed E-state index contributed by atoms with van der Waals surface area (Å²) in [5.74, 6) is -1.04. The predicted molar refractivity (Wildman–Crippen MR) is 256 cm³/mol. The Morgan fingerprint density at radius 1 is 0.540 bits per heavy atom. The van der Waals surface area contributed by atoms with Gasteiger partial charge in [-0.05, 0) is 85.3 Å². The van der Waals surface area contributed by atoms with Crippen LogP contribution in [0.5, 0.6) is 0 Å². The number of carbonyl (C=O) groups excluding carboxylic acids is 6. The lowest BCUT2D eigenvalue weighted by Gasteiger charge is -2.31. The van der Waals surface area contributed by atoms with Crippen LogP contribution in [0.1, 0.15) is 183 Å². The fourth-order valence-corrected chi connectivity index (χ4v) is 9.66. The van der Waals surface area contributed by atoms with Crippen molar-refractivity contribution in [1.82, 2.24) is 5.32 Å². The molecule has 0 bridgehead atoms. The largest absolute Gasteiger partial charge is 0.325 e. The first-order valence-electron chi connectivity index (χ1n) is 22.5. The Labute approximate surface area is 378 Å². The molecule has 8 nitrogen and oxygen atoms in total. The van der Waals surface area contributed by atoms with Crippen molar-refractivity contribution < 1.29 is 28.8 Å². The molecule has 0 saturated heterocycles. The Hall–Kier alpha value is -4.99. The summed E-state index contributed by atoms with van der Waals surface area (Å²) in [5, 5.41) is 6.41. The summed E-state index contributed by atoms with van der Waals surface area (Å²) in [6.45, 7) is 21.9. The highest BCUT2D eigenvalue weighted by atomic mass is 32.2. The quantitative estimate of drug-likeness (QED) is 0.0824. The minimum absolute atomic E-state index is 0.0434. The maximum Gasteiger partial charge on any atom is 0.224 e. The van der Waals surface area contributed by atoms with Crippen LogP contribution in [0.15, 0.2) is 72.8 Å². The molecular weight excluding hydrogens is 805 g/mol. The predicted octanol–water partition coefficient (Wildman–Crippen LogP) is 11.7. The topological polar surface area (TPSA) is 126 Å². The van der Waals surface area contributed by atoms with E-state index in [-0.39, 0.29) is 114 Å². The summed E-state index contributed by atoms with van der Waals surface area (Å²) >= 11 is 1.91. The van der Waals surface area contributed by atoms with E-state index < -0.39 is 17.3 Å². The summed E-state index contributed by atoms with van der Waals surface area (Å²) in [5.41, 5.74) is 2.21. The molecule has 6 rings (SSSR count). The van der Waals surface area contributed by atoms with Gasteiger partial charge in [-0.15, -0.1) is 0 Å². The fraction of sp³-hybridized carbons (Fsp3) is 0.444. The molecule has 0 fully saturated rings. The number of ketones is 5. The molecule has 0 heterocycles. The molecule has 4 aromatic carbocycles. The summed E-state index contributed by atoms with van der Waals surface area (Å²) in [6.07, 6.45) is 5.67. The number of nitrogens with one attached hydrogen (secondary N) is 2. The molecule has 2 aliphatic rings. The standard InChI is InChI=1S/C54H64N2O6S/c1-11-51(3,4)27-28-52(5,6)26-25-42(58)56-41-24-23-36(45-46(41)50(62)40-20-16-15-19-39(40)49(45)61)35-22-21-33(43-44(35)48(60)38-18-14-13-17-37(38)47(43)59)31-34(57)32-55-53(7,8)29-30-54(9,10)63-12-2/h13-24,55H,11-12,25-32H2,1-10H3,(H,56,58). The smallest absolute Gasteiger partial charge is 0.224 e. The molecule has 332 valence electrons. The minimum Gasteiger partial charge on any atom is -0.325 e. The zero-order valence-electron chi connectivity index (χ0n) is 38.9. The number of amides is 1. The van der Waals surface area contributed by atoms with Gasteiger partial charge in [0.1, 0.15) is 0 Å². The Kier molecular flexibility index (Phi) is 14.0.